The number of nitrogens with two attached hydrogens (primary N) is 1. The average Bonchev–Trinajstić information content (AvgIpc) is 3.43. The summed E-state index contributed by atoms with van der Waals surface area (Å²) < 4.78 is 26.9. The predicted octanol–water partition coefficient (Wildman–Crippen LogP) is 3.36. The Morgan fingerprint density at radius 1 is 0.963 bits per heavy atom. The molecular formula is C18H17F2N7. The molecule has 1 fully saturated rings. The molecular weight excluding hydrogens is 352 g/mol. The highest BCUT2D eigenvalue weighted by atomic mass is 19.1. The van der Waals surface area contributed by atoms with Crippen molar-refractivity contribution in [3.63, 3.8) is 0 Å². The van der Waals surface area contributed by atoms with E-state index in [1.165, 1.54) is 31.2 Å². The molecule has 4 N–H and O–H groups in total. The Bertz CT molecular complexity index is 955. The van der Waals surface area contributed by atoms with Crippen LogP contribution in [0.1, 0.15) is 12.8 Å². The molecule has 4 rings (SSSR count). The van der Waals surface area contributed by atoms with E-state index in [9.17, 15) is 8.78 Å². The highest BCUT2D eigenvalue weighted by Gasteiger charge is 2.21. The number of benzene rings is 1. The van der Waals surface area contributed by atoms with Crippen molar-refractivity contribution in [3.05, 3.63) is 48.2 Å². The first-order valence-electron chi connectivity index (χ1n) is 8.50. The molecule has 0 aliphatic heterocycles. The van der Waals surface area contributed by atoms with Crippen LogP contribution in [0.5, 0.6) is 0 Å². The third-order valence-corrected chi connectivity index (χ3v) is 4.01. The second-order valence-electron chi connectivity index (χ2n) is 6.37. The predicted molar refractivity (Wildman–Crippen MR) is 98.3 cm³/mol. The van der Waals surface area contributed by atoms with E-state index in [4.69, 9.17) is 5.73 Å². The van der Waals surface area contributed by atoms with Gasteiger partial charge >= 0.3 is 0 Å². The Morgan fingerprint density at radius 2 is 1.70 bits per heavy atom. The van der Waals surface area contributed by atoms with E-state index < -0.39 is 11.6 Å². The van der Waals surface area contributed by atoms with Crippen molar-refractivity contribution in [1.82, 2.24) is 19.9 Å². The maximum atomic E-state index is 13.5. The Hall–Kier alpha value is -3.36. The molecule has 0 amide bonds. The monoisotopic (exact) mass is 369 g/mol. The van der Waals surface area contributed by atoms with Gasteiger partial charge in [-0.15, -0.1) is 0 Å². The smallest absolute Gasteiger partial charge is 0.201 e. The molecule has 3 aromatic rings. The summed E-state index contributed by atoms with van der Waals surface area (Å²) >= 11 is 0. The van der Waals surface area contributed by atoms with Gasteiger partial charge in [-0.1, -0.05) is 0 Å². The third-order valence-electron chi connectivity index (χ3n) is 4.01. The summed E-state index contributed by atoms with van der Waals surface area (Å²) in [5.41, 5.74) is 5.95. The number of nitrogens with one attached hydrogen (secondary N) is 2. The molecule has 1 aromatic carbocycles. The van der Waals surface area contributed by atoms with E-state index in [1.54, 1.807) is 12.1 Å². The topological polar surface area (TPSA) is 102 Å². The fourth-order valence-electron chi connectivity index (χ4n) is 2.53. The third kappa shape index (κ3) is 4.43. The van der Waals surface area contributed by atoms with Gasteiger partial charge in [-0.05, 0) is 37.0 Å². The van der Waals surface area contributed by atoms with Gasteiger partial charge in [0.1, 0.15) is 29.1 Å². The zero-order valence-electron chi connectivity index (χ0n) is 14.3. The molecule has 1 saturated carbocycles. The van der Waals surface area contributed by atoms with Crippen molar-refractivity contribution < 1.29 is 8.78 Å². The van der Waals surface area contributed by atoms with Gasteiger partial charge in [-0.3, -0.25) is 0 Å². The fourth-order valence-corrected chi connectivity index (χ4v) is 2.53. The second kappa shape index (κ2) is 7.10. The first kappa shape index (κ1) is 17.1. The Morgan fingerprint density at radius 3 is 2.41 bits per heavy atom. The summed E-state index contributed by atoms with van der Waals surface area (Å²) in [5.74, 6) is 1.01. The van der Waals surface area contributed by atoms with Crippen LogP contribution in [0.15, 0.2) is 36.5 Å². The van der Waals surface area contributed by atoms with Crippen molar-refractivity contribution in [2.75, 3.05) is 22.9 Å². The number of rotatable bonds is 6. The number of nitrogens with zero attached hydrogens (tertiary/aromatic N) is 4. The van der Waals surface area contributed by atoms with E-state index >= 15 is 0 Å². The molecule has 0 atom stereocenters. The molecule has 2 heterocycles. The van der Waals surface area contributed by atoms with Crippen molar-refractivity contribution in [3.8, 4) is 11.6 Å². The van der Waals surface area contributed by atoms with Crippen LogP contribution in [0.4, 0.5) is 31.9 Å². The van der Waals surface area contributed by atoms with Gasteiger partial charge < -0.3 is 16.4 Å². The van der Waals surface area contributed by atoms with Crippen LogP contribution in [-0.2, 0) is 0 Å². The maximum Gasteiger partial charge on any atom is 0.201 e. The summed E-state index contributed by atoms with van der Waals surface area (Å²) in [6, 6.07) is 6.40. The molecule has 0 spiro atoms. The average molecular weight is 369 g/mol. The van der Waals surface area contributed by atoms with Crippen LogP contribution in [0.25, 0.3) is 11.6 Å². The lowest BCUT2D eigenvalue weighted by molar-refractivity contribution is 0.584. The number of nitrogen functional groups attached to an aromatic ring is 1. The quantitative estimate of drug-likeness (QED) is 0.612. The van der Waals surface area contributed by atoms with Crippen LogP contribution < -0.4 is 16.4 Å². The molecule has 7 nitrogen and oxygen atoms in total. The van der Waals surface area contributed by atoms with Gasteiger partial charge in [0.2, 0.25) is 5.82 Å². The number of halogens is 2. The first-order chi connectivity index (χ1) is 13.0. The minimum Gasteiger partial charge on any atom is -0.384 e. The SMILES string of the molecule is Nc1ccnc(-c2nc(NCC3CC3)cc(Nc3cc(F)cc(F)c3)n2)n1. The number of anilines is 4. The number of aromatic nitrogens is 4. The lowest BCUT2D eigenvalue weighted by Crippen LogP contribution is -2.08. The molecule has 1 aliphatic carbocycles. The van der Waals surface area contributed by atoms with E-state index in [0.29, 0.717) is 23.4 Å². The zero-order valence-corrected chi connectivity index (χ0v) is 14.3. The van der Waals surface area contributed by atoms with Gasteiger partial charge in [-0.2, -0.15) is 0 Å². The second-order valence-corrected chi connectivity index (χ2v) is 6.37. The van der Waals surface area contributed by atoms with Crippen LogP contribution in [0.2, 0.25) is 0 Å². The Labute approximate surface area is 154 Å². The highest BCUT2D eigenvalue weighted by molar-refractivity contribution is 5.63. The lowest BCUT2D eigenvalue weighted by Gasteiger charge is -2.11. The molecule has 2 aromatic heterocycles. The van der Waals surface area contributed by atoms with E-state index in [2.05, 4.69) is 30.6 Å². The van der Waals surface area contributed by atoms with Crippen LogP contribution in [0.3, 0.4) is 0 Å². The Balaban J connectivity index is 1.68. The van der Waals surface area contributed by atoms with Crippen molar-refractivity contribution in [2.24, 2.45) is 5.92 Å². The van der Waals surface area contributed by atoms with E-state index in [-0.39, 0.29) is 17.3 Å². The maximum absolute atomic E-state index is 13.5. The van der Waals surface area contributed by atoms with E-state index in [1.807, 2.05) is 0 Å². The number of hydrogen-bond donors (Lipinski definition) is 3. The van der Waals surface area contributed by atoms with Crippen LogP contribution >= 0.6 is 0 Å². The molecule has 0 unspecified atom stereocenters. The van der Waals surface area contributed by atoms with E-state index in [0.717, 1.165) is 12.6 Å². The van der Waals surface area contributed by atoms with Crippen molar-refractivity contribution in [2.45, 2.75) is 12.8 Å². The standard InChI is InChI=1S/C18H17F2N7/c19-11-5-12(20)7-13(6-11)24-16-8-15(23-9-10-1-2-10)26-18(27-16)17-22-4-3-14(21)25-17/h3-8,10H,1-2,9H2,(H2,21,22,25)(H2,23,24,26,27). The normalized spacial score (nSPS) is 13.4. The largest absolute Gasteiger partial charge is 0.384 e. The fraction of sp³-hybridized carbons (Fsp3) is 0.222. The summed E-state index contributed by atoms with van der Waals surface area (Å²) in [5, 5.41) is 6.15. The van der Waals surface area contributed by atoms with Crippen molar-refractivity contribution in [1.29, 1.82) is 0 Å². The minimum absolute atomic E-state index is 0.235. The zero-order chi connectivity index (χ0) is 18.8. The molecule has 138 valence electrons. The summed E-state index contributed by atoms with van der Waals surface area (Å²) in [7, 11) is 0. The first-order valence-corrected chi connectivity index (χ1v) is 8.50. The minimum atomic E-state index is -0.682. The molecule has 1 aliphatic rings. The lowest BCUT2D eigenvalue weighted by atomic mass is 10.3. The van der Waals surface area contributed by atoms with Crippen LogP contribution in [-0.4, -0.2) is 26.5 Å². The Kier molecular flexibility index (Phi) is 4.49. The molecule has 0 radical (unpaired) electrons. The summed E-state index contributed by atoms with van der Waals surface area (Å²) in [6.45, 7) is 0.794. The van der Waals surface area contributed by atoms with Gasteiger partial charge in [0, 0.05) is 30.6 Å². The van der Waals surface area contributed by atoms with Crippen LogP contribution in [0, 0.1) is 17.6 Å². The van der Waals surface area contributed by atoms with Gasteiger partial charge in [0.05, 0.1) is 0 Å². The highest BCUT2D eigenvalue weighted by Crippen LogP contribution is 2.29. The van der Waals surface area contributed by atoms with Gasteiger partial charge in [0.25, 0.3) is 0 Å². The number of hydrogen-bond acceptors (Lipinski definition) is 7. The van der Waals surface area contributed by atoms with Gasteiger partial charge in [-0.25, -0.2) is 28.7 Å². The van der Waals surface area contributed by atoms with Gasteiger partial charge in [0.15, 0.2) is 5.82 Å². The molecule has 27 heavy (non-hydrogen) atoms. The molecule has 0 saturated heterocycles. The molecule has 9 heteroatoms. The van der Waals surface area contributed by atoms with Crippen molar-refractivity contribution >= 4 is 23.1 Å². The summed E-state index contributed by atoms with van der Waals surface area (Å²) in [6.07, 6.45) is 3.90. The molecule has 0 bridgehead atoms. The summed E-state index contributed by atoms with van der Waals surface area (Å²) in [4.78, 5) is 17.1.